The molecule has 0 saturated carbocycles. The normalized spacial score (nSPS) is 19.5. The number of hydrogen-bond acceptors (Lipinski definition) is 5. The first-order valence-corrected chi connectivity index (χ1v) is 13.6. The highest BCUT2D eigenvalue weighted by Crippen LogP contribution is 2.29. The van der Waals surface area contributed by atoms with Gasteiger partial charge in [-0.15, -0.1) is 4.40 Å². The van der Waals surface area contributed by atoms with E-state index < -0.39 is 10.2 Å². The molecule has 0 N–H and O–H groups in total. The molecule has 9 heteroatoms. The molecule has 2 aliphatic heterocycles. The Morgan fingerprint density at radius 2 is 1.64 bits per heavy atom. The highest BCUT2D eigenvalue weighted by Gasteiger charge is 2.31. The van der Waals surface area contributed by atoms with Crippen LogP contribution in [-0.4, -0.2) is 75.8 Å². The van der Waals surface area contributed by atoms with Gasteiger partial charge in [0.15, 0.2) is 0 Å². The standard InChI is InChI=1S/C21H24N4O3S.C6H14O/c1-17(23-29(26,27)24-12-14-28-15-13-24)25-16-20(18-8-4-2-5-9-18)21(22-25)19-10-6-3-7-11-19;1-6(2,3)5-7-4/h2-11,20H,12-16H2,1H3;5H2,1-4H3. The topological polar surface area (TPSA) is 83.8 Å². The Labute approximate surface area is 215 Å². The van der Waals surface area contributed by atoms with Gasteiger partial charge in [-0.3, -0.25) is 0 Å². The second-order valence-electron chi connectivity index (χ2n) is 10.0. The van der Waals surface area contributed by atoms with Crippen LogP contribution in [0.1, 0.15) is 44.7 Å². The van der Waals surface area contributed by atoms with Crippen LogP contribution >= 0.6 is 0 Å². The van der Waals surface area contributed by atoms with E-state index in [9.17, 15) is 8.42 Å². The lowest BCUT2D eigenvalue weighted by molar-refractivity contribution is 0.0730. The molecule has 1 atom stereocenters. The van der Waals surface area contributed by atoms with E-state index in [1.165, 1.54) is 4.31 Å². The Balaban J connectivity index is 0.000000454. The predicted octanol–water partition coefficient (Wildman–Crippen LogP) is 4.16. The van der Waals surface area contributed by atoms with E-state index in [2.05, 4.69) is 37.3 Å². The van der Waals surface area contributed by atoms with E-state index in [0.29, 0.717) is 44.1 Å². The maximum absolute atomic E-state index is 12.7. The lowest BCUT2D eigenvalue weighted by Gasteiger charge is -2.24. The van der Waals surface area contributed by atoms with E-state index in [0.717, 1.165) is 23.4 Å². The zero-order valence-corrected chi connectivity index (χ0v) is 22.7. The molecule has 2 aromatic carbocycles. The lowest BCUT2D eigenvalue weighted by Crippen LogP contribution is -2.40. The van der Waals surface area contributed by atoms with Crippen molar-refractivity contribution in [3.8, 4) is 0 Å². The first-order valence-electron chi connectivity index (χ1n) is 12.2. The SMILES string of the molecule is CC(=NS(=O)(=O)N1CCOCC1)N1CC(c2ccccc2)C(c2ccccc2)=N1.COCC(C)(C)C. The highest BCUT2D eigenvalue weighted by molar-refractivity contribution is 7.87. The minimum Gasteiger partial charge on any atom is -0.384 e. The second kappa shape index (κ2) is 12.6. The van der Waals surface area contributed by atoms with E-state index in [4.69, 9.17) is 14.6 Å². The van der Waals surface area contributed by atoms with Crippen LogP contribution in [0.4, 0.5) is 0 Å². The number of hydrazone groups is 1. The van der Waals surface area contributed by atoms with Gasteiger partial charge < -0.3 is 9.47 Å². The van der Waals surface area contributed by atoms with Gasteiger partial charge in [-0.1, -0.05) is 81.4 Å². The van der Waals surface area contributed by atoms with Crippen LogP contribution in [0.15, 0.2) is 70.2 Å². The van der Waals surface area contributed by atoms with Gasteiger partial charge in [-0.05, 0) is 23.5 Å². The van der Waals surface area contributed by atoms with Crippen LogP contribution < -0.4 is 0 Å². The van der Waals surface area contributed by atoms with E-state index in [1.54, 1.807) is 19.0 Å². The maximum atomic E-state index is 12.7. The molecule has 1 fully saturated rings. The summed E-state index contributed by atoms with van der Waals surface area (Å²) >= 11 is 0. The Hall–Kier alpha value is -2.59. The van der Waals surface area contributed by atoms with Gasteiger partial charge in [-0.25, -0.2) is 5.01 Å². The third kappa shape index (κ3) is 7.96. The van der Waals surface area contributed by atoms with Crippen molar-refractivity contribution in [3.63, 3.8) is 0 Å². The molecule has 8 nitrogen and oxygen atoms in total. The number of methoxy groups -OCH3 is 1. The van der Waals surface area contributed by atoms with E-state index >= 15 is 0 Å². The summed E-state index contributed by atoms with van der Waals surface area (Å²) in [5, 5.41) is 6.45. The summed E-state index contributed by atoms with van der Waals surface area (Å²) in [6.45, 7) is 11.0. The third-order valence-corrected chi connectivity index (χ3v) is 7.19. The zero-order chi connectivity index (χ0) is 26.2. The summed E-state index contributed by atoms with van der Waals surface area (Å²) in [6.07, 6.45) is 0. The van der Waals surface area contributed by atoms with Gasteiger partial charge in [0.2, 0.25) is 0 Å². The number of rotatable bonds is 5. The minimum absolute atomic E-state index is 0.0369. The van der Waals surface area contributed by atoms with Gasteiger partial charge in [0, 0.05) is 26.1 Å². The fourth-order valence-corrected chi connectivity index (χ4v) is 5.16. The number of hydrogen-bond donors (Lipinski definition) is 0. The van der Waals surface area contributed by atoms with Gasteiger partial charge in [0.25, 0.3) is 0 Å². The molecule has 0 radical (unpaired) electrons. The number of amidine groups is 1. The average Bonchev–Trinajstić information content (AvgIpc) is 3.31. The van der Waals surface area contributed by atoms with Crippen LogP contribution in [-0.2, 0) is 19.7 Å². The molecule has 2 aromatic rings. The molecule has 0 aliphatic carbocycles. The van der Waals surface area contributed by atoms with Gasteiger partial charge in [0.05, 0.1) is 32.1 Å². The molecule has 0 amide bonds. The summed E-state index contributed by atoms with van der Waals surface area (Å²) in [5.41, 5.74) is 3.40. The Kier molecular flexibility index (Phi) is 9.78. The fraction of sp³-hybridized carbons (Fsp3) is 0.481. The van der Waals surface area contributed by atoms with Gasteiger partial charge in [-0.2, -0.15) is 17.8 Å². The summed E-state index contributed by atoms with van der Waals surface area (Å²) in [6, 6.07) is 20.1. The third-order valence-electron chi connectivity index (χ3n) is 5.68. The first-order chi connectivity index (χ1) is 17.1. The van der Waals surface area contributed by atoms with Crippen molar-refractivity contribution in [2.45, 2.75) is 33.6 Å². The van der Waals surface area contributed by atoms with E-state index in [1.807, 2.05) is 48.5 Å². The highest BCUT2D eigenvalue weighted by atomic mass is 32.2. The number of morpholine rings is 1. The Morgan fingerprint density at radius 1 is 1.06 bits per heavy atom. The number of nitrogens with zero attached hydrogens (tertiary/aromatic N) is 4. The van der Waals surface area contributed by atoms with Crippen LogP contribution in [0.2, 0.25) is 0 Å². The van der Waals surface area contributed by atoms with Crippen molar-refractivity contribution in [3.05, 3.63) is 71.8 Å². The molecule has 4 rings (SSSR count). The average molecular weight is 515 g/mol. The summed E-state index contributed by atoms with van der Waals surface area (Å²) < 4.78 is 40.9. The lowest BCUT2D eigenvalue weighted by atomic mass is 9.91. The number of ether oxygens (including phenoxy) is 2. The molecule has 1 saturated heterocycles. The molecular formula is C27H38N4O4S. The van der Waals surface area contributed by atoms with Crippen molar-refractivity contribution < 1.29 is 17.9 Å². The van der Waals surface area contributed by atoms with Crippen molar-refractivity contribution in [2.24, 2.45) is 14.9 Å². The predicted molar refractivity (Wildman–Crippen MR) is 145 cm³/mol. The molecule has 2 aliphatic rings. The molecular weight excluding hydrogens is 476 g/mol. The molecule has 196 valence electrons. The summed E-state index contributed by atoms with van der Waals surface area (Å²) in [5.74, 6) is 0.401. The molecule has 36 heavy (non-hydrogen) atoms. The zero-order valence-electron chi connectivity index (χ0n) is 21.9. The van der Waals surface area contributed by atoms with Crippen molar-refractivity contribution in [1.82, 2.24) is 9.31 Å². The van der Waals surface area contributed by atoms with Crippen molar-refractivity contribution in [2.75, 3.05) is 46.6 Å². The first kappa shape index (κ1) is 28.0. The van der Waals surface area contributed by atoms with Crippen LogP contribution in [0, 0.1) is 5.41 Å². The maximum Gasteiger partial charge on any atom is 0.324 e. The molecule has 0 aromatic heterocycles. The van der Waals surface area contributed by atoms with E-state index in [-0.39, 0.29) is 5.92 Å². The van der Waals surface area contributed by atoms with Crippen molar-refractivity contribution >= 4 is 21.8 Å². The Morgan fingerprint density at radius 3 is 2.17 bits per heavy atom. The van der Waals surface area contributed by atoms with Gasteiger partial charge >= 0.3 is 10.2 Å². The molecule has 2 heterocycles. The minimum atomic E-state index is -3.75. The second-order valence-corrected chi connectivity index (χ2v) is 11.6. The summed E-state index contributed by atoms with van der Waals surface area (Å²) in [4.78, 5) is 0. The Bertz CT molecular complexity index is 1120. The van der Waals surface area contributed by atoms with Crippen molar-refractivity contribution in [1.29, 1.82) is 0 Å². The van der Waals surface area contributed by atoms with Crippen LogP contribution in [0.3, 0.4) is 0 Å². The quantitative estimate of drug-likeness (QED) is 0.442. The summed E-state index contributed by atoms with van der Waals surface area (Å²) in [7, 11) is -2.03. The molecule has 0 spiro atoms. The smallest absolute Gasteiger partial charge is 0.324 e. The van der Waals surface area contributed by atoms with Crippen LogP contribution in [0.5, 0.6) is 0 Å². The molecule has 1 unspecified atom stereocenters. The molecule has 0 bridgehead atoms. The van der Waals surface area contributed by atoms with Crippen LogP contribution in [0.25, 0.3) is 0 Å². The van der Waals surface area contributed by atoms with Gasteiger partial charge in [0.1, 0.15) is 5.84 Å². The fourth-order valence-electron chi connectivity index (χ4n) is 4.00. The number of benzene rings is 2. The monoisotopic (exact) mass is 514 g/mol. The largest absolute Gasteiger partial charge is 0.384 e.